The highest BCUT2D eigenvalue weighted by Gasteiger charge is 2.26. The average Bonchev–Trinajstić information content (AvgIpc) is 2.68. The second-order valence-corrected chi connectivity index (χ2v) is 6.01. The second kappa shape index (κ2) is 6.29. The first kappa shape index (κ1) is 13.5. The molecule has 3 nitrogen and oxygen atoms in total. The van der Waals surface area contributed by atoms with E-state index in [2.05, 4.69) is 11.4 Å². The van der Waals surface area contributed by atoms with Gasteiger partial charge in [-0.2, -0.15) is 0 Å². The van der Waals surface area contributed by atoms with Crippen molar-refractivity contribution in [2.24, 2.45) is 0 Å². The Morgan fingerprint density at radius 1 is 1.15 bits per heavy atom. The Morgan fingerprint density at radius 3 is 2.70 bits per heavy atom. The van der Waals surface area contributed by atoms with E-state index in [9.17, 15) is 4.79 Å². The van der Waals surface area contributed by atoms with Gasteiger partial charge in [0.15, 0.2) is 0 Å². The van der Waals surface area contributed by atoms with Crippen LogP contribution in [0.2, 0.25) is 0 Å². The lowest BCUT2D eigenvalue weighted by molar-refractivity contribution is -0.122. The summed E-state index contributed by atoms with van der Waals surface area (Å²) in [6.07, 6.45) is 7.97. The van der Waals surface area contributed by atoms with Crippen LogP contribution in [0.25, 0.3) is 0 Å². The molecule has 1 unspecified atom stereocenters. The van der Waals surface area contributed by atoms with Crippen LogP contribution in [-0.2, 0) is 4.79 Å². The van der Waals surface area contributed by atoms with Gasteiger partial charge in [-0.15, -0.1) is 0 Å². The van der Waals surface area contributed by atoms with Gasteiger partial charge in [0.1, 0.15) is 5.75 Å². The molecular weight excluding hydrogens is 250 g/mol. The van der Waals surface area contributed by atoms with Gasteiger partial charge < -0.3 is 10.1 Å². The molecule has 1 heterocycles. The van der Waals surface area contributed by atoms with Crippen LogP contribution < -0.4 is 10.1 Å². The van der Waals surface area contributed by atoms with Gasteiger partial charge in [0, 0.05) is 23.9 Å². The minimum Gasteiger partial charge on any atom is -0.493 e. The smallest absolute Gasteiger partial charge is 0.220 e. The number of carbonyl (C=O) groups excluding carboxylic acids is 1. The van der Waals surface area contributed by atoms with Crippen molar-refractivity contribution < 1.29 is 9.53 Å². The van der Waals surface area contributed by atoms with Crippen LogP contribution in [0.1, 0.15) is 56.4 Å². The third-order valence-electron chi connectivity index (χ3n) is 4.45. The van der Waals surface area contributed by atoms with Gasteiger partial charge in [-0.05, 0) is 18.9 Å². The largest absolute Gasteiger partial charge is 0.493 e. The zero-order valence-corrected chi connectivity index (χ0v) is 11.9. The van der Waals surface area contributed by atoms with Crippen molar-refractivity contribution in [3.05, 3.63) is 29.8 Å². The number of nitrogens with one attached hydrogen (secondary N) is 1. The molecule has 0 radical (unpaired) electrons. The molecule has 1 atom stereocenters. The van der Waals surface area contributed by atoms with Crippen molar-refractivity contribution in [2.45, 2.75) is 56.9 Å². The van der Waals surface area contributed by atoms with E-state index in [1.54, 1.807) is 0 Å². The molecule has 1 fully saturated rings. The van der Waals surface area contributed by atoms with Gasteiger partial charge in [0.25, 0.3) is 0 Å². The zero-order valence-electron chi connectivity index (χ0n) is 11.9. The Hall–Kier alpha value is -1.51. The molecule has 1 aromatic rings. The summed E-state index contributed by atoms with van der Waals surface area (Å²) in [6, 6.07) is 8.45. The van der Waals surface area contributed by atoms with Gasteiger partial charge in [0.05, 0.1) is 6.61 Å². The van der Waals surface area contributed by atoms with Crippen molar-refractivity contribution in [2.75, 3.05) is 6.61 Å². The van der Waals surface area contributed by atoms with Crippen LogP contribution in [0.15, 0.2) is 24.3 Å². The van der Waals surface area contributed by atoms with E-state index in [0.29, 0.717) is 19.1 Å². The fourth-order valence-corrected chi connectivity index (χ4v) is 3.33. The molecule has 1 amide bonds. The topological polar surface area (TPSA) is 38.3 Å². The molecule has 0 saturated heterocycles. The fraction of sp³-hybridized carbons (Fsp3) is 0.588. The van der Waals surface area contributed by atoms with Crippen LogP contribution in [-0.4, -0.2) is 18.6 Å². The summed E-state index contributed by atoms with van der Waals surface area (Å²) in [4.78, 5) is 12.2. The molecular formula is C17H23NO2. The highest BCUT2D eigenvalue weighted by molar-refractivity contribution is 5.77. The summed E-state index contributed by atoms with van der Waals surface area (Å²) < 4.78 is 5.64. The molecule has 0 aromatic heterocycles. The lowest BCUT2D eigenvalue weighted by Crippen LogP contribution is -2.35. The van der Waals surface area contributed by atoms with Gasteiger partial charge in [0.2, 0.25) is 5.91 Å². The third-order valence-corrected chi connectivity index (χ3v) is 4.45. The summed E-state index contributed by atoms with van der Waals surface area (Å²) in [7, 11) is 0. The molecule has 2 aliphatic rings. The monoisotopic (exact) mass is 273 g/mol. The van der Waals surface area contributed by atoms with E-state index in [1.165, 1.54) is 31.2 Å². The van der Waals surface area contributed by atoms with Crippen molar-refractivity contribution in [1.82, 2.24) is 5.32 Å². The molecule has 3 heteroatoms. The molecule has 0 spiro atoms. The highest BCUT2D eigenvalue weighted by atomic mass is 16.5. The normalized spacial score (nSPS) is 22.7. The van der Waals surface area contributed by atoms with E-state index in [-0.39, 0.29) is 11.8 Å². The van der Waals surface area contributed by atoms with Crippen molar-refractivity contribution in [3.63, 3.8) is 0 Å². The van der Waals surface area contributed by atoms with E-state index in [0.717, 1.165) is 18.6 Å². The van der Waals surface area contributed by atoms with Crippen molar-refractivity contribution in [3.8, 4) is 5.75 Å². The summed E-state index contributed by atoms with van der Waals surface area (Å²) in [5, 5.41) is 3.22. The number of para-hydroxylation sites is 1. The Balaban J connectivity index is 1.54. The van der Waals surface area contributed by atoms with Gasteiger partial charge in [-0.3, -0.25) is 4.79 Å². The van der Waals surface area contributed by atoms with E-state index < -0.39 is 0 Å². The second-order valence-electron chi connectivity index (χ2n) is 6.01. The Bertz CT molecular complexity index is 464. The minimum atomic E-state index is 0.183. The molecule has 20 heavy (non-hydrogen) atoms. The lowest BCUT2D eigenvalue weighted by atomic mass is 9.97. The summed E-state index contributed by atoms with van der Waals surface area (Å²) in [6.45, 7) is 0.636. The van der Waals surface area contributed by atoms with Crippen LogP contribution in [0, 0.1) is 0 Å². The molecule has 1 saturated carbocycles. The summed E-state index contributed by atoms with van der Waals surface area (Å²) >= 11 is 0. The van der Waals surface area contributed by atoms with E-state index >= 15 is 0 Å². The fourth-order valence-electron chi connectivity index (χ4n) is 3.33. The quantitative estimate of drug-likeness (QED) is 0.857. The first-order chi connectivity index (χ1) is 9.83. The zero-order chi connectivity index (χ0) is 13.8. The number of fused-ring (bicyclic) bond motifs is 1. The summed E-state index contributed by atoms with van der Waals surface area (Å²) in [5.74, 6) is 1.35. The van der Waals surface area contributed by atoms with Gasteiger partial charge in [-0.25, -0.2) is 0 Å². The maximum absolute atomic E-state index is 12.2. The van der Waals surface area contributed by atoms with Crippen molar-refractivity contribution in [1.29, 1.82) is 0 Å². The van der Waals surface area contributed by atoms with Gasteiger partial charge in [-0.1, -0.05) is 43.9 Å². The molecule has 108 valence electrons. The number of hydrogen-bond donors (Lipinski definition) is 1. The van der Waals surface area contributed by atoms with E-state index in [1.807, 2.05) is 18.2 Å². The first-order valence-corrected chi connectivity index (χ1v) is 7.84. The average molecular weight is 273 g/mol. The van der Waals surface area contributed by atoms with Crippen LogP contribution in [0.3, 0.4) is 0 Å². The predicted octanol–water partition coefficient (Wildman–Crippen LogP) is 3.39. The van der Waals surface area contributed by atoms with Crippen molar-refractivity contribution >= 4 is 5.91 Å². The third kappa shape index (κ3) is 3.14. The number of hydrogen-bond acceptors (Lipinski definition) is 2. The molecule has 1 aliphatic carbocycles. The lowest BCUT2D eigenvalue weighted by Gasteiger charge is -2.17. The molecule has 0 bridgehead atoms. The Labute approximate surface area is 120 Å². The summed E-state index contributed by atoms with van der Waals surface area (Å²) in [5.41, 5.74) is 1.18. The highest BCUT2D eigenvalue weighted by Crippen LogP contribution is 2.35. The Morgan fingerprint density at radius 2 is 1.90 bits per heavy atom. The van der Waals surface area contributed by atoms with Crippen LogP contribution in [0.5, 0.6) is 5.75 Å². The van der Waals surface area contributed by atoms with E-state index in [4.69, 9.17) is 4.74 Å². The number of ether oxygens (including phenoxy) is 1. The minimum absolute atomic E-state index is 0.183. The first-order valence-electron chi connectivity index (χ1n) is 7.84. The number of benzene rings is 1. The van der Waals surface area contributed by atoms with Crippen LogP contribution >= 0.6 is 0 Å². The Kier molecular flexibility index (Phi) is 4.24. The van der Waals surface area contributed by atoms with Crippen LogP contribution in [0.4, 0.5) is 0 Å². The molecule has 1 aliphatic heterocycles. The maximum Gasteiger partial charge on any atom is 0.220 e. The molecule has 1 N–H and O–H groups in total. The standard InChI is InChI=1S/C17H23NO2/c19-17(18-14-7-3-1-2-4-8-14)11-13-12-20-16-10-6-5-9-15(13)16/h5-6,9-10,13-14H,1-4,7-8,11-12H2,(H,18,19). The molecule has 1 aromatic carbocycles. The number of rotatable bonds is 3. The SMILES string of the molecule is O=C(CC1COc2ccccc21)NC1CCCCCC1. The maximum atomic E-state index is 12.2. The number of amides is 1. The molecule has 3 rings (SSSR count). The van der Waals surface area contributed by atoms with Gasteiger partial charge >= 0.3 is 0 Å². The number of carbonyl (C=O) groups is 1. The predicted molar refractivity (Wildman–Crippen MR) is 78.9 cm³/mol.